The van der Waals surface area contributed by atoms with Crippen LogP contribution in [0.2, 0.25) is 5.02 Å². The highest BCUT2D eigenvalue weighted by Crippen LogP contribution is 2.33. The van der Waals surface area contributed by atoms with Gasteiger partial charge in [0.2, 0.25) is 5.91 Å². The number of benzene rings is 2. The first-order valence-corrected chi connectivity index (χ1v) is 10.0. The van der Waals surface area contributed by atoms with Gasteiger partial charge in [-0.3, -0.25) is 9.59 Å². The summed E-state index contributed by atoms with van der Waals surface area (Å²) in [5, 5.41) is 16.0. The fraction of sp³-hybridized carbons (Fsp3) is 0.286. The van der Waals surface area contributed by atoms with Crippen LogP contribution in [-0.2, 0) is 27.3 Å². The molecule has 3 N–H and O–H groups in total. The van der Waals surface area contributed by atoms with Gasteiger partial charge in [0.15, 0.2) is 0 Å². The lowest BCUT2D eigenvalue weighted by molar-refractivity contribution is -0.175. The van der Waals surface area contributed by atoms with E-state index in [1.807, 2.05) is 0 Å². The van der Waals surface area contributed by atoms with Crippen LogP contribution in [0.3, 0.4) is 0 Å². The second kappa shape index (κ2) is 8.16. The van der Waals surface area contributed by atoms with Gasteiger partial charge in [-0.2, -0.15) is 0 Å². The van der Waals surface area contributed by atoms with Gasteiger partial charge in [0.25, 0.3) is 11.7 Å². The minimum Gasteiger partial charge on any atom is -0.407 e. The van der Waals surface area contributed by atoms with E-state index in [9.17, 15) is 23.9 Å². The Morgan fingerprint density at radius 1 is 1.26 bits per heavy atom. The second-order valence-corrected chi connectivity index (χ2v) is 7.77. The lowest BCUT2D eigenvalue weighted by Crippen LogP contribution is -2.46. The van der Waals surface area contributed by atoms with Gasteiger partial charge in [-0.05, 0) is 53.9 Å². The number of hydrogen-bond acceptors (Lipinski definition) is 5. The van der Waals surface area contributed by atoms with E-state index in [4.69, 9.17) is 16.3 Å². The fourth-order valence-electron chi connectivity index (χ4n) is 3.60. The number of aliphatic hydroxyl groups is 1. The molecule has 10 heteroatoms. The van der Waals surface area contributed by atoms with Gasteiger partial charge >= 0.3 is 6.09 Å². The van der Waals surface area contributed by atoms with E-state index >= 15 is 0 Å². The van der Waals surface area contributed by atoms with E-state index in [1.165, 1.54) is 17.0 Å². The highest BCUT2D eigenvalue weighted by molar-refractivity contribution is 6.31. The third-order valence-corrected chi connectivity index (χ3v) is 5.61. The van der Waals surface area contributed by atoms with E-state index in [1.54, 1.807) is 18.2 Å². The molecule has 2 aromatic rings. The molecule has 3 amide bonds. The number of nitrogens with zero attached hydrogens (tertiary/aromatic N) is 1. The molecule has 1 fully saturated rings. The van der Waals surface area contributed by atoms with Crippen molar-refractivity contribution in [2.75, 3.05) is 16.8 Å². The van der Waals surface area contributed by atoms with Crippen molar-refractivity contribution in [3.63, 3.8) is 0 Å². The third-order valence-electron chi connectivity index (χ3n) is 5.24. The summed E-state index contributed by atoms with van der Waals surface area (Å²) in [4.78, 5) is 37.8. The molecular weight excluding hydrogens is 429 g/mol. The Hall–Kier alpha value is -3.17. The summed E-state index contributed by atoms with van der Waals surface area (Å²) in [6.45, 7) is 0.00341. The van der Waals surface area contributed by atoms with Crippen LogP contribution in [0, 0.1) is 5.82 Å². The minimum atomic E-state index is -2.32. The number of anilines is 2. The SMILES string of the molecule is O=C1CCc2cc(N3CC[C@](O)(OC(=O)NCc4cc(F)ccc4Cl)C3=O)ccc2N1. The number of nitrogens with one attached hydrogen (secondary N) is 2. The first-order chi connectivity index (χ1) is 14.7. The van der Waals surface area contributed by atoms with Crippen LogP contribution < -0.4 is 15.5 Å². The Kier molecular flexibility index (Phi) is 5.55. The van der Waals surface area contributed by atoms with Gasteiger partial charge in [0, 0.05) is 42.3 Å². The first kappa shape index (κ1) is 21.1. The van der Waals surface area contributed by atoms with E-state index in [0.29, 0.717) is 29.8 Å². The number of alkyl carbamates (subject to hydrolysis) is 1. The maximum absolute atomic E-state index is 13.3. The molecule has 8 nitrogen and oxygen atoms in total. The number of aryl methyl sites for hydroxylation is 1. The molecule has 2 aliphatic heterocycles. The van der Waals surface area contributed by atoms with Crippen LogP contribution in [0.4, 0.5) is 20.6 Å². The molecule has 2 aliphatic rings. The normalized spacial score (nSPS) is 20.3. The number of halogens is 2. The van der Waals surface area contributed by atoms with Gasteiger partial charge in [0.1, 0.15) is 5.82 Å². The number of fused-ring (bicyclic) bond motifs is 1. The molecule has 162 valence electrons. The highest BCUT2D eigenvalue weighted by atomic mass is 35.5. The summed E-state index contributed by atoms with van der Waals surface area (Å²) in [6.07, 6.45) is -0.255. The third kappa shape index (κ3) is 4.33. The van der Waals surface area contributed by atoms with Crippen molar-refractivity contribution >= 4 is 40.9 Å². The molecule has 0 bridgehead atoms. The average Bonchev–Trinajstić information content (AvgIpc) is 3.02. The number of ether oxygens (including phenoxy) is 1. The summed E-state index contributed by atoms with van der Waals surface area (Å²) in [5.74, 6) is -3.67. The molecular formula is C21H19ClFN3O5. The van der Waals surface area contributed by atoms with E-state index in [2.05, 4.69) is 10.6 Å². The summed E-state index contributed by atoms with van der Waals surface area (Å²) in [7, 11) is 0. The zero-order valence-corrected chi connectivity index (χ0v) is 17.0. The number of rotatable bonds is 4. The van der Waals surface area contributed by atoms with Crippen LogP contribution >= 0.6 is 11.6 Å². The van der Waals surface area contributed by atoms with Gasteiger partial charge < -0.3 is 25.4 Å². The Bertz CT molecular complexity index is 1080. The van der Waals surface area contributed by atoms with Crippen molar-refractivity contribution in [1.82, 2.24) is 5.32 Å². The van der Waals surface area contributed by atoms with Crippen molar-refractivity contribution < 1.29 is 28.6 Å². The van der Waals surface area contributed by atoms with Gasteiger partial charge in [-0.15, -0.1) is 0 Å². The second-order valence-electron chi connectivity index (χ2n) is 7.36. The zero-order valence-electron chi connectivity index (χ0n) is 16.3. The van der Waals surface area contributed by atoms with Crippen LogP contribution in [0.5, 0.6) is 0 Å². The largest absolute Gasteiger partial charge is 0.410 e. The molecule has 1 atom stereocenters. The highest BCUT2D eigenvalue weighted by Gasteiger charge is 2.49. The standard InChI is InChI=1S/C21H19ClFN3O5/c22-16-4-2-14(23)9-13(16)11-24-20(29)31-21(30)7-8-26(19(21)28)15-3-5-17-12(10-15)1-6-18(27)25-17/h2-5,9-10,30H,1,6-8,11H2,(H,24,29)(H,25,27)/t21-/m0/s1. The van der Waals surface area contributed by atoms with Gasteiger partial charge in [-0.1, -0.05) is 11.6 Å². The minimum absolute atomic E-state index is 0.0641. The van der Waals surface area contributed by atoms with E-state index < -0.39 is 23.6 Å². The van der Waals surface area contributed by atoms with E-state index in [-0.39, 0.29) is 30.4 Å². The zero-order chi connectivity index (χ0) is 22.2. The van der Waals surface area contributed by atoms with Crippen molar-refractivity contribution in [2.24, 2.45) is 0 Å². The number of carbonyl (C=O) groups excluding carboxylic acids is 3. The summed E-state index contributed by atoms with van der Waals surface area (Å²) >= 11 is 5.95. The number of hydrogen-bond donors (Lipinski definition) is 3. The Balaban J connectivity index is 1.41. The lowest BCUT2D eigenvalue weighted by Gasteiger charge is -2.24. The maximum Gasteiger partial charge on any atom is 0.410 e. The predicted molar refractivity (Wildman–Crippen MR) is 110 cm³/mol. The molecule has 0 unspecified atom stereocenters. The molecule has 2 aromatic carbocycles. The number of carbonyl (C=O) groups is 3. The monoisotopic (exact) mass is 447 g/mol. The molecule has 0 aromatic heterocycles. The fourth-order valence-corrected chi connectivity index (χ4v) is 3.78. The Morgan fingerprint density at radius 2 is 2.06 bits per heavy atom. The Morgan fingerprint density at radius 3 is 2.87 bits per heavy atom. The van der Waals surface area contributed by atoms with E-state index in [0.717, 1.165) is 11.6 Å². The summed E-state index contributed by atoms with van der Waals surface area (Å²) < 4.78 is 18.3. The molecule has 0 spiro atoms. The summed E-state index contributed by atoms with van der Waals surface area (Å²) in [5.41, 5.74) is 2.43. The van der Waals surface area contributed by atoms with Crippen molar-refractivity contribution in [2.45, 2.75) is 31.6 Å². The van der Waals surface area contributed by atoms with Crippen LogP contribution in [0.15, 0.2) is 36.4 Å². The molecule has 0 aliphatic carbocycles. The van der Waals surface area contributed by atoms with Gasteiger partial charge in [0.05, 0.1) is 0 Å². The molecule has 0 saturated carbocycles. The molecule has 0 radical (unpaired) electrons. The van der Waals surface area contributed by atoms with Crippen LogP contribution in [0.25, 0.3) is 0 Å². The quantitative estimate of drug-likeness (QED) is 0.624. The van der Waals surface area contributed by atoms with Crippen LogP contribution in [0.1, 0.15) is 24.0 Å². The molecule has 4 rings (SSSR count). The predicted octanol–water partition coefficient (Wildman–Crippen LogP) is 2.72. The van der Waals surface area contributed by atoms with Gasteiger partial charge in [-0.25, -0.2) is 9.18 Å². The molecule has 31 heavy (non-hydrogen) atoms. The first-order valence-electron chi connectivity index (χ1n) is 9.63. The lowest BCUT2D eigenvalue weighted by atomic mass is 10.0. The topological polar surface area (TPSA) is 108 Å². The summed E-state index contributed by atoms with van der Waals surface area (Å²) in [6, 6.07) is 8.83. The number of amides is 3. The molecule has 2 heterocycles. The van der Waals surface area contributed by atoms with Crippen molar-refractivity contribution in [3.05, 3.63) is 58.4 Å². The van der Waals surface area contributed by atoms with Crippen molar-refractivity contribution in [3.8, 4) is 0 Å². The maximum atomic E-state index is 13.3. The van der Waals surface area contributed by atoms with Crippen LogP contribution in [-0.4, -0.2) is 35.3 Å². The smallest absolute Gasteiger partial charge is 0.407 e. The molecule has 1 saturated heterocycles. The average molecular weight is 448 g/mol. The Labute approximate surface area is 181 Å². The van der Waals surface area contributed by atoms with Crippen molar-refractivity contribution in [1.29, 1.82) is 0 Å².